The molecule has 0 N–H and O–H groups in total. The van der Waals surface area contributed by atoms with Crippen molar-refractivity contribution in [3.05, 3.63) is 71.8 Å². The Hall–Kier alpha value is -2.01. The monoisotopic (exact) mass is 384 g/mol. The number of benzene rings is 2. The fourth-order valence-corrected chi connectivity index (χ4v) is 3.29. The van der Waals surface area contributed by atoms with E-state index in [1.54, 1.807) is 7.11 Å². The van der Waals surface area contributed by atoms with E-state index in [1.165, 1.54) is 5.56 Å². The normalized spacial score (nSPS) is 14.4. The molecule has 0 amide bonds. The maximum Gasteiger partial charge on any atom is 0.165 e. The van der Waals surface area contributed by atoms with Gasteiger partial charge < -0.3 is 14.2 Å². The second-order valence-electron chi connectivity index (χ2n) is 7.27. The van der Waals surface area contributed by atoms with Gasteiger partial charge in [0.25, 0.3) is 0 Å². The van der Waals surface area contributed by atoms with Crippen molar-refractivity contribution in [3.63, 3.8) is 0 Å². The summed E-state index contributed by atoms with van der Waals surface area (Å²) in [7, 11) is 1.63. The molecule has 152 valence electrons. The Labute approximate surface area is 168 Å². The van der Waals surface area contributed by atoms with Gasteiger partial charge in [0.1, 0.15) is 12.9 Å². The minimum absolute atomic E-state index is 0.0548. The summed E-state index contributed by atoms with van der Waals surface area (Å²) in [6.45, 7) is 5.10. The molecule has 2 rings (SSSR count). The molecule has 3 atom stereocenters. The third-order valence-electron chi connectivity index (χ3n) is 4.83. The number of ether oxygens (including phenoxy) is 3. The summed E-state index contributed by atoms with van der Waals surface area (Å²) in [5.41, 5.74) is 2.36. The van der Waals surface area contributed by atoms with Crippen LogP contribution in [-0.4, -0.2) is 39.0 Å². The van der Waals surface area contributed by atoms with Crippen molar-refractivity contribution in [2.45, 2.75) is 32.8 Å². The van der Waals surface area contributed by atoms with Crippen molar-refractivity contribution < 1.29 is 19.0 Å². The van der Waals surface area contributed by atoms with Gasteiger partial charge in [-0.05, 0) is 29.9 Å². The van der Waals surface area contributed by atoms with Gasteiger partial charge in [0, 0.05) is 13.0 Å². The zero-order valence-electron chi connectivity index (χ0n) is 17.2. The molecule has 2 aromatic rings. The fraction of sp³-hybridized carbons (Fsp3) is 0.458. The van der Waals surface area contributed by atoms with Crippen LogP contribution < -0.4 is 0 Å². The molecule has 0 aromatic heterocycles. The highest BCUT2D eigenvalue weighted by molar-refractivity contribution is 5.85. The van der Waals surface area contributed by atoms with Crippen molar-refractivity contribution in [3.8, 4) is 0 Å². The Balaban J connectivity index is 2.01. The molecule has 0 fully saturated rings. The molecule has 0 bridgehead atoms. The van der Waals surface area contributed by atoms with Gasteiger partial charge in [0.15, 0.2) is 5.78 Å². The van der Waals surface area contributed by atoms with Gasteiger partial charge in [0.2, 0.25) is 0 Å². The van der Waals surface area contributed by atoms with E-state index in [0.717, 1.165) is 12.0 Å². The number of Topliss-reactive ketones (excluding diaryl/α,β-unsaturated/α-hetero) is 1. The summed E-state index contributed by atoms with van der Waals surface area (Å²) in [6, 6.07) is 20.3. The molecule has 0 aliphatic heterocycles. The number of hydrogen-bond acceptors (Lipinski definition) is 4. The zero-order chi connectivity index (χ0) is 20.2. The minimum atomic E-state index is -0.499. The number of methoxy groups -OCH3 is 1. The Morgan fingerprint density at radius 2 is 1.43 bits per heavy atom. The largest absolute Gasteiger partial charge is 0.382 e. The number of carbonyl (C=O) groups is 1. The lowest BCUT2D eigenvalue weighted by Crippen LogP contribution is -2.37. The summed E-state index contributed by atoms with van der Waals surface area (Å²) in [5.74, 6) is 0.0615. The molecule has 4 nitrogen and oxygen atoms in total. The maximum atomic E-state index is 13.2. The SMILES string of the molecule is COCCOCO[C@H](C(=O)[C@H](C)Cc1ccccc1)[C@H](C)Cc1ccccc1. The van der Waals surface area contributed by atoms with Gasteiger partial charge in [-0.3, -0.25) is 4.79 Å². The maximum absolute atomic E-state index is 13.2. The Kier molecular flexibility index (Phi) is 9.91. The molecule has 0 saturated carbocycles. The van der Waals surface area contributed by atoms with Gasteiger partial charge in [-0.1, -0.05) is 74.5 Å². The van der Waals surface area contributed by atoms with Crippen molar-refractivity contribution in [2.75, 3.05) is 27.1 Å². The fourth-order valence-electron chi connectivity index (χ4n) is 3.29. The first kappa shape index (κ1) is 22.3. The Morgan fingerprint density at radius 1 is 0.857 bits per heavy atom. The molecule has 0 heterocycles. The minimum Gasteiger partial charge on any atom is -0.382 e. The van der Waals surface area contributed by atoms with Crippen LogP contribution in [0.3, 0.4) is 0 Å². The molecule has 4 heteroatoms. The van der Waals surface area contributed by atoms with Gasteiger partial charge >= 0.3 is 0 Å². The second-order valence-corrected chi connectivity index (χ2v) is 7.27. The molecule has 0 saturated heterocycles. The first-order valence-electron chi connectivity index (χ1n) is 9.91. The lowest BCUT2D eigenvalue weighted by Gasteiger charge is -2.26. The van der Waals surface area contributed by atoms with Gasteiger partial charge in [0.05, 0.1) is 13.2 Å². The van der Waals surface area contributed by atoms with Crippen LogP contribution in [0.25, 0.3) is 0 Å². The van der Waals surface area contributed by atoms with Crippen molar-refractivity contribution in [1.29, 1.82) is 0 Å². The quantitative estimate of drug-likeness (QED) is 0.381. The van der Waals surface area contributed by atoms with Crippen LogP contribution >= 0.6 is 0 Å². The van der Waals surface area contributed by atoms with Gasteiger partial charge in [-0.2, -0.15) is 0 Å². The average Bonchev–Trinajstić information content (AvgIpc) is 2.71. The highest BCUT2D eigenvalue weighted by Gasteiger charge is 2.30. The van der Waals surface area contributed by atoms with E-state index >= 15 is 0 Å². The first-order valence-corrected chi connectivity index (χ1v) is 9.91. The smallest absolute Gasteiger partial charge is 0.165 e. The van der Waals surface area contributed by atoms with Crippen molar-refractivity contribution in [2.24, 2.45) is 11.8 Å². The molecular formula is C24H32O4. The van der Waals surface area contributed by atoms with Crippen LogP contribution in [0, 0.1) is 11.8 Å². The molecule has 0 unspecified atom stereocenters. The van der Waals surface area contributed by atoms with Crippen LogP contribution in [-0.2, 0) is 31.8 Å². The molecule has 28 heavy (non-hydrogen) atoms. The number of hydrogen-bond donors (Lipinski definition) is 0. The van der Waals surface area contributed by atoms with E-state index in [9.17, 15) is 4.79 Å². The number of rotatable bonds is 13. The van der Waals surface area contributed by atoms with Crippen LogP contribution in [0.5, 0.6) is 0 Å². The van der Waals surface area contributed by atoms with Crippen LogP contribution in [0.15, 0.2) is 60.7 Å². The number of carbonyl (C=O) groups excluding carboxylic acids is 1. The van der Waals surface area contributed by atoms with Gasteiger partial charge in [-0.25, -0.2) is 0 Å². The summed E-state index contributed by atoms with van der Waals surface area (Å²) in [5, 5.41) is 0. The molecule has 2 aromatic carbocycles. The topological polar surface area (TPSA) is 44.8 Å². The summed E-state index contributed by atoms with van der Waals surface area (Å²) < 4.78 is 16.3. The Bertz CT molecular complexity index is 672. The second kappa shape index (κ2) is 12.4. The molecule has 0 aliphatic carbocycles. The van der Waals surface area contributed by atoms with E-state index in [-0.39, 0.29) is 24.4 Å². The molecular weight excluding hydrogens is 352 g/mol. The van der Waals surface area contributed by atoms with E-state index in [2.05, 4.69) is 31.2 Å². The van der Waals surface area contributed by atoms with Crippen LogP contribution in [0.1, 0.15) is 25.0 Å². The summed E-state index contributed by atoms with van der Waals surface area (Å²) in [6.07, 6.45) is 0.997. The zero-order valence-corrected chi connectivity index (χ0v) is 17.2. The van der Waals surface area contributed by atoms with Crippen LogP contribution in [0.2, 0.25) is 0 Å². The third-order valence-corrected chi connectivity index (χ3v) is 4.83. The lowest BCUT2D eigenvalue weighted by atomic mass is 9.86. The molecule has 0 aliphatic rings. The Morgan fingerprint density at radius 3 is 2.00 bits per heavy atom. The van der Waals surface area contributed by atoms with Crippen molar-refractivity contribution >= 4 is 5.78 Å². The molecule has 0 spiro atoms. The molecule has 0 radical (unpaired) electrons. The van der Waals surface area contributed by atoms with E-state index in [1.807, 2.05) is 43.3 Å². The van der Waals surface area contributed by atoms with E-state index in [0.29, 0.717) is 19.6 Å². The van der Waals surface area contributed by atoms with Gasteiger partial charge in [-0.15, -0.1) is 0 Å². The van der Waals surface area contributed by atoms with E-state index in [4.69, 9.17) is 14.2 Å². The summed E-state index contributed by atoms with van der Waals surface area (Å²) in [4.78, 5) is 13.2. The standard InChI is InChI=1S/C24H32O4/c1-19(16-21-10-6-4-7-11-21)23(25)24(28-18-27-15-14-26-3)20(2)17-22-12-8-5-9-13-22/h4-13,19-20,24H,14-18H2,1-3H3/t19-,20-,24+/m1/s1. The average molecular weight is 385 g/mol. The highest BCUT2D eigenvalue weighted by Crippen LogP contribution is 2.21. The predicted molar refractivity (Wildman–Crippen MR) is 111 cm³/mol. The number of ketones is 1. The third kappa shape index (κ3) is 7.55. The highest BCUT2D eigenvalue weighted by atomic mass is 16.7. The first-order chi connectivity index (χ1) is 13.6. The predicted octanol–water partition coefficient (Wildman–Crippen LogP) is 4.32. The van der Waals surface area contributed by atoms with Crippen molar-refractivity contribution in [1.82, 2.24) is 0 Å². The van der Waals surface area contributed by atoms with Crippen LogP contribution in [0.4, 0.5) is 0 Å². The van der Waals surface area contributed by atoms with E-state index < -0.39 is 6.10 Å². The summed E-state index contributed by atoms with van der Waals surface area (Å²) >= 11 is 0. The lowest BCUT2D eigenvalue weighted by molar-refractivity contribution is -0.152.